The van der Waals surface area contributed by atoms with Crippen molar-refractivity contribution in [2.24, 2.45) is 35.5 Å². The van der Waals surface area contributed by atoms with Gasteiger partial charge >= 0.3 is 12.1 Å². The molecule has 3 saturated heterocycles. The Balaban J connectivity index is 1.28. The van der Waals surface area contributed by atoms with E-state index >= 15 is 24.0 Å². The first-order valence-electron chi connectivity index (χ1n) is 42.1. The molecule has 4 aromatic rings. The maximum atomic E-state index is 15.5. The molecule has 32 nitrogen and oxygen atoms in total. The number of hydrogen-bond acceptors (Lipinski definition) is 17. The van der Waals surface area contributed by atoms with Gasteiger partial charge < -0.3 is 89.0 Å². The summed E-state index contributed by atoms with van der Waals surface area (Å²) >= 11 is 1.38. The van der Waals surface area contributed by atoms with Gasteiger partial charge in [0.25, 0.3) is 0 Å². The van der Waals surface area contributed by atoms with Gasteiger partial charge in [0.1, 0.15) is 84.6 Å². The van der Waals surface area contributed by atoms with Crippen LogP contribution in [0.4, 0.5) is 13.2 Å². The molecule has 3 aliphatic heterocycles. The lowest BCUT2D eigenvalue weighted by Crippen LogP contribution is -2.63. The quantitative estimate of drug-likeness (QED) is 0.0503. The SMILES string of the molecule is CSCC[C@@H]1NC(=O)[C@@H](C(C)C)NC(=O)[C@H](C(C)C)NC(=O)[C@H](Cc2ccccc2)NC(=O)[C@H](Cc2ccccc2)NC(=O)[C@H](C(C)C)NC(=O)[C@H](C(C)C)NC(=O)[C@H](CCCCNC(=O)C(F)(F)F)NC(=O)[C@H](C(C)C)NC(=O)[C@H](CO)NC(=O)[C@H](CC(C)C)NC(=O)[C@@H]2CCCN2C(=O)C2CCCN2C(=O)[C@H](Cc2c[nH]c3ccccc23)NC1=O. The fourth-order valence-corrected chi connectivity index (χ4v) is 15.5. The molecule has 1 unspecified atom stereocenters. The molecule has 1 aromatic heterocycles. The Kier molecular flexibility index (Phi) is 37.6. The normalized spacial score (nSPS) is 25.4. The van der Waals surface area contributed by atoms with Crippen LogP contribution >= 0.6 is 11.8 Å². The fourth-order valence-electron chi connectivity index (χ4n) is 15.1. The Bertz CT molecular complexity index is 4290. The lowest BCUT2D eigenvalue weighted by molar-refractivity contribution is -0.173. The number of halogens is 3. The molecule has 15 amide bonds. The first-order valence-corrected chi connectivity index (χ1v) is 43.5. The molecule has 122 heavy (non-hydrogen) atoms. The smallest absolute Gasteiger partial charge is 0.394 e. The van der Waals surface area contributed by atoms with Gasteiger partial charge in [-0.1, -0.05) is 162 Å². The molecule has 3 aromatic carbocycles. The first kappa shape index (κ1) is 98.5. The van der Waals surface area contributed by atoms with Crippen molar-refractivity contribution >= 4 is 111 Å². The Morgan fingerprint density at radius 1 is 0.434 bits per heavy atom. The summed E-state index contributed by atoms with van der Waals surface area (Å²) in [4.78, 5) is 226. The molecule has 0 saturated carbocycles. The van der Waals surface area contributed by atoms with E-state index in [9.17, 15) is 66.2 Å². The van der Waals surface area contributed by atoms with Crippen molar-refractivity contribution in [3.63, 3.8) is 0 Å². The van der Waals surface area contributed by atoms with Crippen LogP contribution in [-0.2, 0) is 91.2 Å². The van der Waals surface area contributed by atoms with Crippen LogP contribution in [-0.4, -0.2) is 238 Å². The molecule has 0 spiro atoms. The number of hydrogen-bond donors (Lipinski definition) is 15. The van der Waals surface area contributed by atoms with Gasteiger partial charge in [0.2, 0.25) is 82.7 Å². The van der Waals surface area contributed by atoms with Crippen LogP contribution in [0.3, 0.4) is 0 Å². The third-order valence-electron chi connectivity index (χ3n) is 21.9. The number of benzene rings is 3. The molecule has 0 bridgehead atoms. The minimum absolute atomic E-state index is 0.0306. The summed E-state index contributed by atoms with van der Waals surface area (Å²) in [7, 11) is 0. The Labute approximate surface area is 714 Å². The summed E-state index contributed by atoms with van der Waals surface area (Å²) < 4.78 is 39.7. The maximum absolute atomic E-state index is 15.5. The number of rotatable bonds is 22. The summed E-state index contributed by atoms with van der Waals surface area (Å²) in [5.74, 6) is -17.8. The number of carbonyl (C=O) groups is 15. The molecular formula is C86H123F3N16O16S. The van der Waals surface area contributed by atoms with Crippen LogP contribution in [0.15, 0.2) is 91.1 Å². The second kappa shape index (κ2) is 46.6. The molecule has 15 N–H and O–H groups in total. The molecule has 0 radical (unpaired) electrons. The third-order valence-corrected chi connectivity index (χ3v) is 22.6. The number of para-hydroxylation sites is 1. The summed E-state index contributed by atoms with van der Waals surface area (Å²) in [6.07, 6.45) is -1.81. The standard InChI is InChI=1S/C86H123F3N16O16S/c1-46(2)40-59-73(109)98-63(45-106)76(112)101-66(47(3)4)78(114)92-57(32-22-23-36-90-85(121)86(87,88)89)72(108)99-69(50(9)10)81(117)103-68(49(7)8)80(116)96-60(41-52-26-16-14-17-27-52)74(110)94-61(42-53-28-18-15-19-29-53)75(111)100-70(51(11)12)82(118)102-67(48(5)6)79(115)93-58(35-39-122-13)71(107)97-62(43-54-44-91-56-31-21-20-30-55(54)56)83(119)105-38-25-34-65(105)84(120)104-37-24-33-64(104)77(113)95-59/h14-21,26-31,44,46-51,57-70,91,106H,22-25,32-43,45H2,1-13H3,(H,90,121)(H,92,114)(H,93,115)(H,94,110)(H,95,113)(H,96,116)(H,97,107)(H,98,109)(H,99,108)(H,100,111)(H,101,112)(H,102,118)(H,103,117)/t57-,58-,59-,60-,61-,62-,63-,64-,65?,66-,67+,68-,69-,70-/m0/s1. The van der Waals surface area contributed by atoms with Crippen molar-refractivity contribution < 1.29 is 90.2 Å². The minimum atomic E-state index is -5.22. The number of unbranched alkanes of at least 4 members (excludes halogenated alkanes) is 1. The summed E-state index contributed by atoms with van der Waals surface area (Å²) in [6.45, 7) is 18.1. The van der Waals surface area contributed by atoms with E-state index in [1.165, 1.54) is 35.4 Å². The number of aromatic nitrogens is 1. The van der Waals surface area contributed by atoms with E-state index in [-0.39, 0.29) is 83.2 Å². The second-order valence-electron chi connectivity index (χ2n) is 33.7. The summed E-state index contributed by atoms with van der Waals surface area (Å²) in [5.41, 5.74) is 2.48. The number of thioether (sulfide) groups is 1. The number of aliphatic hydroxyl groups is 1. The van der Waals surface area contributed by atoms with Gasteiger partial charge in [0.05, 0.1) is 6.61 Å². The monoisotopic (exact) mass is 1720 g/mol. The van der Waals surface area contributed by atoms with Crippen LogP contribution in [0.1, 0.15) is 158 Å². The van der Waals surface area contributed by atoms with E-state index in [1.54, 1.807) is 148 Å². The molecule has 3 aliphatic rings. The highest BCUT2D eigenvalue weighted by atomic mass is 32.2. The second-order valence-corrected chi connectivity index (χ2v) is 34.7. The van der Waals surface area contributed by atoms with E-state index in [4.69, 9.17) is 0 Å². The van der Waals surface area contributed by atoms with Crippen LogP contribution in [0.25, 0.3) is 10.9 Å². The number of nitrogens with one attached hydrogen (secondary N) is 14. The highest BCUT2D eigenvalue weighted by molar-refractivity contribution is 7.98. The Morgan fingerprint density at radius 2 is 0.811 bits per heavy atom. The molecule has 0 aliphatic carbocycles. The fraction of sp³-hybridized carbons (Fsp3) is 0.593. The maximum Gasteiger partial charge on any atom is 0.471 e. The molecule has 3 fully saturated rings. The number of aliphatic hydroxyl groups excluding tert-OH is 1. The molecule has 36 heteroatoms. The molecular weight excluding hydrogens is 1600 g/mol. The number of H-pyrrole nitrogens is 1. The Hall–Kier alpha value is -10.7. The zero-order valence-corrected chi connectivity index (χ0v) is 72.6. The van der Waals surface area contributed by atoms with Crippen molar-refractivity contribution in [3.05, 3.63) is 108 Å². The highest BCUT2D eigenvalue weighted by Gasteiger charge is 2.47. The van der Waals surface area contributed by atoms with Gasteiger partial charge in [-0.2, -0.15) is 24.9 Å². The number of alkyl halides is 3. The van der Waals surface area contributed by atoms with Gasteiger partial charge in [-0.25, -0.2) is 0 Å². The van der Waals surface area contributed by atoms with Crippen LogP contribution in [0, 0.1) is 35.5 Å². The average molecular weight is 1730 g/mol. The number of amides is 15. The topological polar surface area (TPSA) is 455 Å². The lowest BCUT2D eigenvalue weighted by atomic mass is 9.97. The van der Waals surface area contributed by atoms with E-state index in [0.29, 0.717) is 35.3 Å². The number of nitrogens with zero attached hydrogens (tertiary/aromatic N) is 2. The first-order chi connectivity index (χ1) is 57.7. The Morgan fingerprint density at radius 3 is 1.29 bits per heavy atom. The molecule has 14 atom stereocenters. The lowest BCUT2D eigenvalue weighted by Gasteiger charge is -2.34. The number of carbonyl (C=O) groups excluding carboxylic acids is 15. The number of aromatic amines is 1. The van der Waals surface area contributed by atoms with Crippen LogP contribution in [0.5, 0.6) is 0 Å². The van der Waals surface area contributed by atoms with E-state index < -0.39 is 222 Å². The summed E-state index contributed by atoms with van der Waals surface area (Å²) in [6, 6.07) is 4.37. The van der Waals surface area contributed by atoms with Gasteiger partial charge in [-0.15, -0.1) is 0 Å². The number of fused-ring (bicyclic) bond motifs is 3. The average Bonchev–Trinajstić information content (AvgIpc) is 1.65. The van der Waals surface area contributed by atoms with Crippen molar-refractivity contribution in [1.82, 2.24) is 83.9 Å². The van der Waals surface area contributed by atoms with Crippen molar-refractivity contribution in [3.8, 4) is 0 Å². The van der Waals surface area contributed by atoms with Crippen molar-refractivity contribution in [1.29, 1.82) is 0 Å². The van der Waals surface area contributed by atoms with Crippen molar-refractivity contribution in [2.75, 3.05) is 38.2 Å². The van der Waals surface area contributed by atoms with E-state index in [1.807, 2.05) is 24.3 Å². The highest BCUT2D eigenvalue weighted by Crippen LogP contribution is 2.29. The minimum Gasteiger partial charge on any atom is -0.394 e. The van der Waals surface area contributed by atoms with E-state index in [2.05, 4.69) is 68.8 Å². The molecule has 7 rings (SSSR count). The third kappa shape index (κ3) is 28.2. The predicted molar refractivity (Wildman–Crippen MR) is 452 cm³/mol. The van der Waals surface area contributed by atoms with Crippen molar-refractivity contribution in [2.45, 2.75) is 251 Å². The zero-order valence-electron chi connectivity index (χ0n) is 71.7. The summed E-state index contributed by atoms with van der Waals surface area (Å²) in [5, 5.41) is 45.9. The van der Waals surface area contributed by atoms with Gasteiger partial charge in [-0.05, 0) is 128 Å². The molecule has 670 valence electrons. The van der Waals surface area contributed by atoms with Crippen LogP contribution in [0.2, 0.25) is 0 Å². The van der Waals surface area contributed by atoms with Gasteiger partial charge in [0.15, 0.2) is 0 Å². The zero-order chi connectivity index (χ0) is 90.0. The largest absolute Gasteiger partial charge is 0.471 e. The van der Waals surface area contributed by atoms with E-state index in [0.717, 1.165) is 10.9 Å². The predicted octanol–water partition coefficient (Wildman–Crippen LogP) is 2.93. The van der Waals surface area contributed by atoms with Gasteiger partial charge in [0, 0.05) is 56.0 Å². The van der Waals surface area contributed by atoms with Crippen LogP contribution < -0.4 is 69.1 Å². The molecule has 4 heterocycles. The van der Waals surface area contributed by atoms with Gasteiger partial charge in [-0.3, -0.25) is 71.9 Å².